The summed E-state index contributed by atoms with van der Waals surface area (Å²) in [6, 6.07) is 0. The molecular formula is C11H16N4O2. The van der Waals surface area contributed by atoms with E-state index in [9.17, 15) is 4.79 Å². The summed E-state index contributed by atoms with van der Waals surface area (Å²) in [7, 11) is 1.75. The predicted octanol–water partition coefficient (Wildman–Crippen LogP) is 0.379. The fourth-order valence-corrected chi connectivity index (χ4v) is 1.75. The SMILES string of the molecule is CNc1cncc(C(=O)N2CCOC(C)C2)n1. The van der Waals surface area contributed by atoms with Crippen LogP contribution >= 0.6 is 0 Å². The molecule has 1 aromatic rings. The Morgan fingerprint density at radius 1 is 1.59 bits per heavy atom. The standard InChI is InChI=1S/C11H16N4O2/c1-8-7-15(3-4-17-8)11(16)9-5-13-6-10(12-2)14-9/h5-6,8H,3-4,7H2,1-2H3,(H,12,14). The molecule has 1 saturated heterocycles. The Labute approximate surface area is 100 Å². The smallest absolute Gasteiger partial charge is 0.274 e. The fraction of sp³-hybridized carbons (Fsp3) is 0.545. The minimum absolute atomic E-state index is 0.0770. The number of ether oxygens (including phenoxy) is 1. The summed E-state index contributed by atoms with van der Waals surface area (Å²) in [5, 5.41) is 2.86. The number of carbonyl (C=O) groups is 1. The molecule has 0 aliphatic carbocycles. The molecule has 6 heteroatoms. The van der Waals surface area contributed by atoms with Gasteiger partial charge in [0.05, 0.1) is 25.1 Å². The van der Waals surface area contributed by atoms with Crippen LogP contribution in [0, 0.1) is 0 Å². The first-order valence-corrected chi connectivity index (χ1v) is 5.61. The average Bonchev–Trinajstić information content (AvgIpc) is 2.38. The number of anilines is 1. The summed E-state index contributed by atoms with van der Waals surface area (Å²) < 4.78 is 5.40. The van der Waals surface area contributed by atoms with Crippen molar-refractivity contribution in [2.75, 3.05) is 32.1 Å². The van der Waals surface area contributed by atoms with Crippen molar-refractivity contribution in [1.29, 1.82) is 0 Å². The minimum atomic E-state index is -0.0928. The van der Waals surface area contributed by atoms with Crippen LogP contribution in [0.25, 0.3) is 0 Å². The van der Waals surface area contributed by atoms with Gasteiger partial charge in [-0.2, -0.15) is 0 Å². The highest BCUT2D eigenvalue weighted by atomic mass is 16.5. The van der Waals surface area contributed by atoms with Gasteiger partial charge in [0.15, 0.2) is 0 Å². The normalized spacial score (nSPS) is 20.1. The molecule has 1 N–H and O–H groups in total. The van der Waals surface area contributed by atoms with Crippen LogP contribution in [0.3, 0.4) is 0 Å². The maximum Gasteiger partial charge on any atom is 0.274 e. The van der Waals surface area contributed by atoms with Crippen LogP contribution in [0.5, 0.6) is 0 Å². The largest absolute Gasteiger partial charge is 0.375 e. The lowest BCUT2D eigenvalue weighted by Crippen LogP contribution is -2.44. The molecule has 0 bridgehead atoms. The summed E-state index contributed by atoms with van der Waals surface area (Å²) in [5.41, 5.74) is 0.367. The number of hydrogen-bond donors (Lipinski definition) is 1. The molecule has 1 amide bonds. The van der Waals surface area contributed by atoms with Crippen LogP contribution in [0.15, 0.2) is 12.4 Å². The lowest BCUT2D eigenvalue weighted by molar-refractivity contribution is -0.0126. The molecule has 1 aromatic heterocycles. The Kier molecular flexibility index (Phi) is 3.53. The molecular weight excluding hydrogens is 220 g/mol. The molecule has 92 valence electrons. The third kappa shape index (κ3) is 2.71. The van der Waals surface area contributed by atoms with Gasteiger partial charge in [0, 0.05) is 20.1 Å². The van der Waals surface area contributed by atoms with E-state index in [0.29, 0.717) is 31.2 Å². The molecule has 1 atom stereocenters. The molecule has 0 aromatic carbocycles. The molecule has 0 saturated carbocycles. The second kappa shape index (κ2) is 5.09. The molecule has 0 spiro atoms. The Hall–Kier alpha value is -1.69. The maximum atomic E-state index is 12.2. The van der Waals surface area contributed by atoms with Crippen molar-refractivity contribution in [3.63, 3.8) is 0 Å². The third-order valence-corrected chi connectivity index (χ3v) is 2.64. The van der Waals surface area contributed by atoms with Gasteiger partial charge in [-0.15, -0.1) is 0 Å². The average molecular weight is 236 g/mol. The third-order valence-electron chi connectivity index (χ3n) is 2.64. The number of amides is 1. The van der Waals surface area contributed by atoms with Crippen molar-refractivity contribution in [3.8, 4) is 0 Å². The van der Waals surface area contributed by atoms with E-state index in [0.717, 1.165) is 0 Å². The van der Waals surface area contributed by atoms with Gasteiger partial charge in [-0.25, -0.2) is 4.98 Å². The zero-order valence-electron chi connectivity index (χ0n) is 10.0. The summed E-state index contributed by atoms with van der Waals surface area (Å²) >= 11 is 0. The summed E-state index contributed by atoms with van der Waals surface area (Å²) in [4.78, 5) is 22.1. The number of carbonyl (C=O) groups excluding carboxylic acids is 1. The zero-order valence-corrected chi connectivity index (χ0v) is 10.0. The van der Waals surface area contributed by atoms with Crippen LogP contribution in [0.4, 0.5) is 5.82 Å². The second-order valence-electron chi connectivity index (χ2n) is 3.97. The van der Waals surface area contributed by atoms with E-state index >= 15 is 0 Å². The number of nitrogens with one attached hydrogen (secondary N) is 1. The van der Waals surface area contributed by atoms with Crippen LogP contribution in [0.2, 0.25) is 0 Å². The Morgan fingerprint density at radius 3 is 3.12 bits per heavy atom. The molecule has 1 unspecified atom stereocenters. The molecule has 17 heavy (non-hydrogen) atoms. The van der Waals surface area contributed by atoms with Crippen molar-refractivity contribution < 1.29 is 9.53 Å². The highest BCUT2D eigenvalue weighted by molar-refractivity contribution is 5.92. The van der Waals surface area contributed by atoms with Crippen molar-refractivity contribution in [2.45, 2.75) is 13.0 Å². The first kappa shape index (κ1) is 11.8. The zero-order chi connectivity index (χ0) is 12.3. The number of nitrogens with zero attached hydrogens (tertiary/aromatic N) is 3. The van der Waals surface area contributed by atoms with Gasteiger partial charge < -0.3 is 15.0 Å². The van der Waals surface area contributed by atoms with Gasteiger partial charge in [0.25, 0.3) is 5.91 Å². The number of morpholine rings is 1. The van der Waals surface area contributed by atoms with Gasteiger partial charge in [-0.05, 0) is 6.92 Å². The number of hydrogen-bond acceptors (Lipinski definition) is 5. The first-order valence-electron chi connectivity index (χ1n) is 5.61. The molecule has 0 radical (unpaired) electrons. The molecule has 2 rings (SSSR count). The van der Waals surface area contributed by atoms with E-state index in [2.05, 4.69) is 15.3 Å². The van der Waals surface area contributed by atoms with Crippen molar-refractivity contribution in [1.82, 2.24) is 14.9 Å². The summed E-state index contributed by atoms with van der Waals surface area (Å²) in [6.45, 7) is 3.74. The maximum absolute atomic E-state index is 12.2. The molecule has 2 heterocycles. The summed E-state index contributed by atoms with van der Waals surface area (Å²) in [6.07, 6.45) is 3.15. The molecule has 1 aliphatic heterocycles. The van der Waals surface area contributed by atoms with Crippen molar-refractivity contribution >= 4 is 11.7 Å². The quantitative estimate of drug-likeness (QED) is 0.804. The van der Waals surface area contributed by atoms with Crippen LogP contribution in [-0.2, 0) is 4.74 Å². The first-order chi connectivity index (χ1) is 8.20. The van der Waals surface area contributed by atoms with E-state index in [1.807, 2.05) is 6.92 Å². The predicted molar refractivity (Wildman–Crippen MR) is 62.9 cm³/mol. The van der Waals surface area contributed by atoms with Gasteiger partial charge >= 0.3 is 0 Å². The van der Waals surface area contributed by atoms with E-state index in [4.69, 9.17) is 4.74 Å². The molecule has 1 aliphatic rings. The van der Waals surface area contributed by atoms with Gasteiger partial charge in [0.2, 0.25) is 0 Å². The second-order valence-corrected chi connectivity index (χ2v) is 3.97. The minimum Gasteiger partial charge on any atom is -0.375 e. The van der Waals surface area contributed by atoms with E-state index < -0.39 is 0 Å². The van der Waals surface area contributed by atoms with Crippen molar-refractivity contribution in [3.05, 3.63) is 18.1 Å². The summed E-state index contributed by atoms with van der Waals surface area (Å²) in [5.74, 6) is 0.502. The monoisotopic (exact) mass is 236 g/mol. The Balaban J connectivity index is 2.12. The topological polar surface area (TPSA) is 67.4 Å². The van der Waals surface area contributed by atoms with Crippen LogP contribution in [0.1, 0.15) is 17.4 Å². The molecule has 1 fully saturated rings. The number of aromatic nitrogens is 2. The van der Waals surface area contributed by atoms with E-state index in [1.54, 1.807) is 18.1 Å². The highest BCUT2D eigenvalue weighted by Crippen LogP contribution is 2.09. The highest BCUT2D eigenvalue weighted by Gasteiger charge is 2.23. The Morgan fingerprint density at radius 2 is 2.41 bits per heavy atom. The van der Waals surface area contributed by atoms with Gasteiger partial charge in [0.1, 0.15) is 11.5 Å². The van der Waals surface area contributed by atoms with Gasteiger partial charge in [-0.3, -0.25) is 9.78 Å². The van der Waals surface area contributed by atoms with E-state index in [1.165, 1.54) is 6.20 Å². The van der Waals surface area contributed by atoms with E-state index in [-0.39, 0.29) is 12.0 Å². The van der Waals surface area contributed by atoms with Gasteiger partial charge in [-0.1, -0.05) is 0 Å². The molecule has 6 nitrogen and oxygen atoms in total. The van der Waals surface area contributed by atoms with Crippen molar-refractivity contribution in [2.24, 2.45) is 0 Å². The fourth-order valence-electron chi connectivity index (χ4n) is 1.75. The van der Waals surface area contributed by atoms with Crippen LogP contribution in [-0.4, -0.2) is 53.6 Å². The number of rotatable bonds is 2. The van der Waals surface area contributed by atoms with Crippen LogP contribution < -0.4 is 5.32 Å². The Bertz CT molecular complexity index is 410. The lowest BCUT2D eigenvalue weighted by Gasteiger charge is -2.30. The lowest BCUT2D eigenvalue weighted by atomic mass is 10.2.